The van der Waals surface area contributed by atoms with E-state index in [4.69, 9.17) is 9.47 Å². The number of rotatable bonds is 5. The van der Waals surface area contributed by atoms with Gasteiger partial charge in [0.05, 0.1) is 16.9 Å². The number of para-hydroxylation sites is 3. The highest BCUT2D eigenvalue weighted by Crippen LogP contribution is 2.36. The zero-order chi connectivity index (χ0) is 18.6. The number of amides is 1. The highest BCUT2D eigenvalue weighted by atomic mass is 16.7. The fourth-order valence-electron chi connectivity index (χ4n) is 3.15. The summed E-state index contributed by atoms with van der Waals surface area (Å²) in [6, 6.07) is 23.3. The lowest BCUT2D eigenvalue weighted by molar-refractivity contribution is 0.102. The number of hydrogen-bond donors (Lipinski definition) is 1. The van der Waals surface area contributed by atoms with Gasteiger partial charge in [-0.15, -0.1) is 0 Å². The highest BCUT2D eigenvalue weighted by Gasteiger charge is 2.22. The average molecular weight is 360 g/mol. The molecule has 1 amide bonds. The van der Waals surface area contributed by atoms with Gasteiger partial charge < -0.3 is 19.7 Å². The molecule has 0 aliphatic carbocycles. The lowest BCUT2D eigenvalue weighted by Crippen LogP contribution is -2.20. The number of nitrogens with one attached hydrogen (secondary N) is 1. The van der Waals surface area contributed by atoms with Crippen molar-refractivity contribution in [2.24, 2.45) is 0 Å². The maximum Gasteiger partial charge on any atom is 0.259 e. The van der Waals surface area contributed by atoms with E-state index >= 15 is 0 Å². The summed E-state index contributed by atoms with van der Waals surface area (Å²) in [5.74, 6) is 0.861. The predicted octanol–water partition coefficient (Wildman–Crippen LogP) is 4.30. The van der Waals surface area contributed by atoms with Gasteiger partial charge in [-0.05, 0) is 29.8 Å². The lowest BCUT2D eigenvalue weighted by atomic mass is 10.1. The quantitative estimate of drug-likeness (QED) is 0.737. The Morgan fingerprint density at radius 3 is 2.59 bits per heavy atom. The molecule has 0 spiro atoms. The summed E-state index contributed by atoms with van der Waals surface area (Å²) in [6.07, 6.45) is 0. The molecule has 0 radical (unpaired) electrons. The van der Waals surface area contributed by atoms with Crippen molar-refractivity contribution in [3.05, 3.63) is 83.9 Å². The van der Waals surface area contributed by atoms with Crippen LogP contribution in [-0.2, 0) is 6.54 Å². The molecule has 1 aliphatic rings. The Bertz CT molecular complexity index is 957. The molecule has 1 heterocycles. The second-order valence-electron chi connectivity index (χ2n) is 6.35. The van der Waals surface area contributed by atoms with Crippen LogP contribution in [0.2, 0.25) is 0 Å². The fourth-order valence-corrected chi connectivity index (χ4v) is 3.15. The normalized spacial score (nSPS) is 11.9. The van der Waals surface area contributed by atoms with Crippen LogP contribution in [0.15, 0.2) is 72.8 Å². The molecule has 0 fully saturated rings. The van der Waals surface area contributed by atoms with Crippen molar-refractivity contribution in [2.75, 3.05) is 24.1 Å². The molecule has 0 saturated heterocycles. The summed E-state index contributed by atoms with van der Waals surface area (Å²) in [4.78, 5) is 15.0. The average Bonchev–Trinajstić information content (AvgIpc) is 3.18. The van der Waals surface area contributed by atoms with Crippen LogP contribution in [0, 0.1) is 0 Å². The van der Waals surface area contributed by atoms with Gasteiger partial charge in [-0.2, -0.15) is 0 Å². The van der Waals surface area contributed by atoms with Gasteiger partial charge in [0, 0.05) is 13.6 Å². The van der Waals surface area contributed by atoms with Crippen LogP contribution in [-0.4, -0.2) is 19.7 Å². The largest absolute Gasteiger partial charge is 0.454 e. The van der Waals surface area contributed by atoms with Crippen molar-refractivity contribution >= 4 is 17.3 Å². The Morgan fingerprint density at radius 2 is 1.74 bits per heavy atom. The van der Waals surface area contributed by atoms with E-state index in [9.17, 15) is 4.79 Å². The van der Waals surface area contributed by atoms with E-state index in [2.05, 4.69) is 22.3 Å². The van der Waals surface area contributed by atoms with E-state index in [0.29, 0.717) is 17.1 Å². The number of anilines is 2. The van der Waals surface area contributed by atoms with Gasteiger partial charge in [0.25, 0.3) is 5.91 Å². The smallest absolute Gasteiger partial charge is 0.259 e. The van der Waals surface area contributed by atoms with Crippen LogP contribution in [0.25, 0.3) is 0 Å². The number of fused-ring (bicyclic) bond motifs is 1. The third-order valence-electron chi connectivity index (χ3n) is 4.47. The Hall–Kier alpha value is -3.47. The SMILES string of the molecule is CN(Cc1ccccc1)c1ccccc1NC(=O)c1cccc2c1OCO2. The van der Waals surface area contributed by atoms with Crippen LogP contribution in [0.1, 0.15) is 15.9 Å². The van der Waals surface area contributed by atoms with Crippen LogP contribution < -0.4 is 19.7 Å². The third-order valence-corrected chi connectivity index (χ3v) is 4.47. The molecular weight excluding hydrogens is 340 g/mol. The minimum atomic E-state index is -0.224. The Labute approximate surface area is 158 Å². The van der Waals surface area contributed by atoms with Gasteiger partial charge in [-0.1, -0.05) is 48.5 Å². The highest BCUT2D eigenvalue weighted by molar-refractivity contribution is 6.08. The van der Waals surface area contributed by atoms with Crippen molar-refractivity contribution in [1.82, 2.24) is 0 Å². The number of nitrogens with zero attached hydrogens (tertiary/aromatic N) is 1. The molecule has 5 nitrogen and oxygen atoms in total. The van der Waals surface area contributed by atoms with Crippen molar-refractivity contribution < 1.29 is 14.3 Å². The van der Waals surface area contributed by atoms with Gasteiger partial charge in [0.1, 0.15) is 0 Å². The minimum absolute atomic E-state index is 0.135. The van der Waals surface area contributed by atoms with Gasteiger partial charge >= 0.3 is 0 Å². The Balaban J connectivity index is 1.56. The molecule has 1 N–H and O–H groups in total. The summed E-state index contributed by atoms with van der Waals surface area (Å²) in [7, 11) is 2.01. The number of carbonyl (C=O) groups excluding carboxylic acids is 1. The van der Waals surface area contributed by atoms with E-state index in [1.807, 2.05) is 49.5 Å². The molecular formula is C22H20N2O3. The Morgan fingerprint density at radius 1 is 0.963 bits per heavy atom. The van der Waals surface area contributed by atoms with E-state index in [1.54, 1.807) is 18.2 Å². The maximum atomic E-state index is 12.8. The molecule has 0 unspecified atom stereocenters. The number of ether oxygens (including phenoxy) is 2. The molecule has 0 aromatic heterocycles. The molecule has 0 bridgehead atoms. The molecule has 4 rings (SSSR count). The number of hydrogen-bond acceptors (Lipinski definition) is 4. The van der Waals surface area contributed by atoms with Gasteiger partial charge in [-0.3, -0.25) is 4.79 Å². The summed E-state index contributed by atoms with van der Waals surface area (Å²) < 4.78 is 10.8. The first kappa shape index (κ1) is 17.0. The van der Waals surface area contributed by atoms with Crippen molar-refractivity contribution in [2.45, 2.75) is 6.54 Å². The molecule has 0 atom stereocenters. The van der Waals surface area contributed by atoms with Crippen molar-refractivity contribution in [3.63, 3.8) is 0 Å². The first-order chi connectivity index (χ1) is 13.2. The molecule has 3 aromatic rings. The maximum absolute atomic E-state index is 12.8. The first-order valence-corrected chi connectivity index (χ1v) is 8.76. The van der Waals surface area contributed by atoms with E-state index in [0.717, 1.165) is 17.9 Å². The van der Waals surface area contributed by atoms with Crippen LogP contribution >= 0.6 is 0 Å². The summed E-state index contributed by atoms with van der Waals surface area (Å²) >= 11 is 0. The second-order valence-corrected chi connectivity index (χ2v) is 6.35. The van der Waals surface area contributed by atoms with Crippen molar-refractivity contribution in [1.29, 1.82) is 0 Å². The summed E-state index contributed by atoms with van der Waals surface area (Å²) in [6.45, 7) is 0.876. The van der Waals surface area contributed by atoms with E-state index in [-0.39, 0.29) is 12.7 Å². The third kappa shape index (κ3) is 3.58. The fraction of sp³-hybridized carbons (Fsp3) is 0.136. The van der Waals surface area contributed by atoms with Crippen LogP contribution in [0.3, 0.4) is 0 Å². The lowest BCUT2D eigenvalue weighted by Gasteiger charge is -2.23. The number of benzene rings is 3. The van der Waals surface area contributed by atoms with Crippen LogP contribution in [0.5, 0.6) is 11.5 Å². The van der Waals surface area contributed by atoms with Gasteiger partial charge in [-0.25, -0.2) is 0 Å². The molecule has 0 saturated carbocycles. The Kier molecular flexibility index (Phi) is 4.66. The monoisotopic (exact) mass is 360 g/mol. The topological polar surface area (TPSA) is 50.8 Å². The zero-order valence-electron chi connectivity index (χ0n) is 15.0. The van der Waals surface area contributed by atoms with Gasteiger partial charge in [0.2, 0.25) is 6.79 Å². The second kappa shape index (κ2) is 7.41. The zero-order valence-corrected chi connectivity index (χ0v) is 15.0. The molecule has 136 valence electrons. The summed E-state index contributed by atoms with van der Waals surface area (Å²) in [5, 5.41) is 3.01. The van der Waals surface area contributed by atoms with Crippen molar-refractivity contribution in [3.8, 4) is 11.5 Å². The molecule has 1 aliphatic heterocycles. The first-order valence-electron chi connectivity index (χ1n) is 8.76. The van der Waals surface area contributed by atoms with Gasteiger partial charge in [0.15, 0.2) is 11.5 Å². The molecule has 27 heavy (non-hydrogen) atoms. The molecule has 5 heteroatoms. The van der Waals surface area contributed by atoms with Crippen LogP contribution in [0.4, 0.5) is 11.4 Å². The number of carbonyl (C=O) groups is 1. The van der Waals surface area contributed by atoms with E-state index < -0.39 is 0 Å². The standard InChI is InChI=1S/C22H20N2O3/c1-24(14-16-8-3-2-4-9-16)19-12-6-5-11-18(19)23-22(25)17-10-7-13-20-21(17)27-15-26-20/h2-13H,14-15H2,1H3,(H,23,25). The molecule has 3 aromatic carbocycles. The van der Waals surface area contributed by atoms with E-state index in [1.165, 1.54) is 5.56 Å². The minimum Gasteiger partial charge on any atom is -0.454 e. The summed E-state index contributed by atoms with van der Waals surface area (Å²) in [5.41, 5.74) is 3.36. The predicted molar refractivity (Wildman–Crippen MR) is 106 cm³/mol.